The molecule has 0 rings (SSSR count). The molecule has 41 heavy (non-hydrogen) atoms. The van der Waals surface area contributed by atoms with Gasteiger partial charge in [-0.05, 0) is 19.3 Å². The summed E-state index contributed by atoms with van der Waals surface area (Å²) in [4.78, 5) is 13.3. The summed E-state index contributed by atoms with van der Waals surface area (Å²) >= 11 is 0. The lowest BCUT2D eigenvalue weighted by atomic mass is 9.74. The maximum atomic E-state index is 13.3. The van der Waals surface area contributed by atoms with Gasteiger partial charge in [0.25, 0.3) is 0 Å². The highest BCUT2D eigenvalue weighted by molar-refractivity contribution is 5.76. The molecule has 0 aliphatic rings. The molecule has 0 radical (unpaired) electrons. The first-order valence-corrected chi connectivity index (χ1v) is 19.2. The molecular weight excluding hydrogens is 500 g/mol. The minimum Gasteiger partial charge on any atom is -0.469 e. The lowest BCUT2D eigenvalue weighted by Gasteiger charge is -2.31. The average Bonchev–Trinajstić information content (AvgIpc) is 2.99. The number of rotatable bonds is 34. The summed E-state index contributed by atoms with van der Waals surface area (Å²) in [5.41, 5.74) is -0.227. The molecule has 0 spiro atoms. The van der Waals surface area contributed by atoms with Crippen molar-refractivity contribution >= 4 is 5.97 Å². The zero-order valence-electron chi connectivity index (χ0n) is 29.2. The first-order chi connectivity index (χ1) is 20.2. The van der Waals surface area contributed by atoms with Crippen LogP contribution in [0.25, 0.3) is 0 Å². The zero-order chi connectivity index (χ0) is 30.1. The minimum atomic E-state index is -0.227. The van der Waals surface area contributed by atoms with Crippen LogP contribution in [0.15, 0.2) is 0 Å². The average molecular weight is 579 g/mol. The fourth-order valence-electron chi connectivity index (χ4n) is 6.75. The number of hydrogen-bond acceptors (Lipinski definition) is 2. The van der Waals surface area contributed by atoms with Crippen molar-refractivity contribution in [3.05, 3.63) is 0 Å². The van der Waals surface area contributed by atoms with Crippen molar-refractivity contribution < 1.29 is 9.53 Å². The molecule has 0 aliphatic heterocycles. The molecule has 0 fully saturated rings. The van der Waals surface area contributed by atoms with Crippen LogP contribution in [0.3, 0.4) is 0 Å². The highest BCUT2D eigenvalue weighted by Crippen LogP contribution is 2.39. The Kier molecular flexibility index (Phi) is 32.0. The number of esters is 1. The molecule has 0 N–H and O–H groups in total. The van der Waals surface area contributed by atoms with Crippen LogP contribution < -0.4 is 0 Å². The van der Waals surface area contributed by atoms with Gasteiger partial charge in [-0.15, -0.1) is 0 Å². The predicted molar refractivity (Wildman–Crippen MR) is 184 cm³/mol. The molecule has 0 saturated carbocycles. The van der Waals surface area contributed by atoms with E-state index < -0.39 is 0 Å². The quantitative estimate of drug-likeness (QED) is 0.0560. The van der Waals surface area contributed by atoms with Gasteiger partial charge >= 0.3 is 5.97 Å². The standard InChI is InChI=1S/C39H78O2/c1-5-8-11-14-17-20-23-26-29-32-35-39(38(40)41-4,36-33-30-27-24-21-18-15-12-9-6-2)37-34-31-28-25-22-19-16-13-10-7-3/h5-37H2,1-4H3. The van der Waals surface area contributed by atoms with Crippen molar-refractivity contribution in [1.29, 1.82) is 0 Å². The fourth-order valence-corrected chi connectivity index (χ4v) is 6.75. The van der Waals surface area contributed by atoms with E-state index in [4.69, 9.17) is 4.74 Å². The topological polar surface area (TPSA) is 26.3 Å². The van der Waals surface area contributed by atoms with E-state index in [0.717, 1.165) is 19.3 Å². The first-order valence-electron chi connectivity index (χ1n) is 19.2. The normalized spacial score (nSPS) is 11.8. The molecule has 0 amide bonds. The van der Waals surface area contributed by atoms with Crippen LogP contribution in [0, 0.1) is 5.41 Å². The molecule has 0 aliphatic carbocycles. The molecule has 0 heterocycles. The highest BCUT2D eigenvalue weighted by Gasteiger charge is 2.37. The zero-order valence-corrected chi connectivity index (χ0v) is 29.2. The number of hydrogen-bond donors (Lipinski definition) is 0. The summed E-state index contributed by atoms with van der Waals surface area (Å²) in [5.74, 6) is 0.0975. The molecule has 0 saturated heterocycles. The van der Waals surface area contributed by atoms with E-state index >= 15 is 0 Å². The number of carbonyl (C=O) groups excluding carboxylic acids is 1. The molecule has 0 bridgehead atoms. The molecule has 0 aromatic heterocycles. The Hall–Kier alpha value is -0.530. The predicted octanol–water partition coefficient (Wildman–Crippen LogP) is 14.1. The van der Waals surface area contributed by atoms with Crippen LogP contribution in [-0.2, 0) is 9.53 Å². The Morgan fingerprint density at radius 2 is 0.561 bits per heavy atom. The van der Waals surface area contributed by atoms with Crippen LogP contribution in [0.2, 0.25) is 0 Å². The summed E-state index contributed by atoms with van der Waals surface area (Å²) in [5, 5.41) is 0. The third-order valence-electron chi connectivity index (χ3n) is 9.65. The van der Waals surface area contributed by atoms with Crippen LogP contribution in [0.4, 0.5) is 0 Å². The monoisotopic (exact) mass is 579 g/mol. The van der Waals surface area contributed by atoms with Gasteiger partial charge in [0.05, 0.1) is 12.5 Å². The summed E-state index contributed by atoms with van der Waals surface area (Å²) in [6, 6.07) is 0. The van der Waals surface area contributed by atoms with Crippen molar-refractivity contribution in [2.24, 2.45) is 5.41 Å². The Labute approximate surface area is 260 Å². The minimum absolute atomic E-state index is 0.0975. The lowest BCUT2D eigenvalue weighted by molar-refractivity contribution is -0.154. The van der Waals surface area contributed by atoms with Crippen molar-refractivity contribution in [3.8, 4) is 0 Å². The second kappa shape index (κ2) is 32.4. The van der Waals surface area contributed by atoms with Gasteiger partial charge in [-0.2, -0.15) is 0 Å². The van der Waals surface area contributed by atoms with Crippen molar-refractivity contribution in [3.63, 3.8) is 0 Å². The number of ether oxygens (including phenoxy) is 1. The maximum Gasteiger partial charge on any atom is 0.311 e. The highest BCUT2D eigenvalue weighted by atomic mass is 16.5. The van der Waals surface area contributed by atoms with Gasteiger partial charge in [0, 0.05) is 0 Å². The Morgan fingerprint density at radius 3 is 0.756 bits per heavy atom. The van der Waals surface area contributed by atoms with E-state index in [2.05, 4.69) is 20.8 Å². The SMILES string of the molecule is CCCCCCCCCCCCC(CCCCCCCCCCCC)(CCCCCCCCCCCC)C(=O)OC. The second-order valence-corrected chi connectivity index (χ2v) is 13.6. The van der Waals surface area contributed by atoms with E-state index in [1.807, 2.05) is 0 Å². The molecule has 0 aromatic carbocycles. The van der Waals surface area contributed by atoms with Crippen LogP contribution in [0.1, 0.15) is 233 Å². The Morgan fingerprint density at radius 1 is 0.366 bits per heavy atom. The van der Waals surface area contributed by atoms with Gasteiger partial charge in [-0.1, -0.05) is 213 Å². The van der Waals surface area contributed by atoms with E-state index in [0.29, 0.717) is 0 Å². The number of carbonyl (C=O) groups is 1. The van der Waals surface area contributed by atoms with Gasteiger partial charge < -0.3 is 4.74 Å². The number of methoxy groups -OCH3 is 1. The lowest BCUT2D eigenvalue weighted by Crippen LogP contribution is -2.32. The first kappa shape index (κ1) is 40.5. The molecular formula is C39H78O2. The van der Waals surface area contributed by atoms with Gasteiger partial charge in [0.15, 0.2) is 0 Å². The van der Waals surface area contributed by atoms with Gasteiger partial charge in [0.2, 0.25) is 0 Å². The molecule has 246 valence electrons. The Bertz CT molecular complexity index is 454. The maximum absolute atomic E-state index is 13.3. The third-order valence-corrected chi connectivity index (χ3v) is 9.65. The van der Waals surface area contributed by atoms with Crippen molar-refractivity contribution in [1.82, 2.24) is 0 Å². The molecule has 2 nitrogen and oxygen atoms in total. The fraction of sp³-hybridized carbons (Fsp3) is 0.974. The van der Waals surface area contributed by atoms with E-state index in [1.54, 1.807) is 7.11 Å². The van der Waals surface area contributed by atoms with Gasteiger partial charge in [-0.3, -0.25) is 4.79 Å². The van der Waals surface area contributed by atoms with Crippen molar-refractivity contribution in [2.45, 2.75) is 233 Å². The van der Waals surface area contributed by atoms with Crippen molar-refractivity contribution in [2.75, 3.05) is 7.11 Å². The van der Waals surface area contributed by atoms with Crippen LogP contribution >= 0.6 is 0 Å². The van der Waals surface area contributed by atoms with E-state index in [1.165, 1.54) is 193 Å². The molecule has 0 unspecified atom stereocenters. The van der Waals surface area contributed by atoms with Gasteiger partial charge in [0.1, 0.15) is 0 Å². The summed E-state index contributed by atoms with van der Waals surface area (Å²) < 4.78 is 5.50. The third kappa shape index (κ3) is 25.7. The number of unbranched alkanes of at least 4 members (excludes halogenated alkanes) is 27. The summed E-state index contributed by atoms with van der Waals surface area (Å²) in [6.07, 6.45) is 43.7. The molecule has 0 atom stereocenters. The smallest absolute Gasteiger partial charge is 0.311 e. The van der Waals surface area contributed by atoms with Crippen LogP contribution in [0.5, 0.6) is 0 Å². The molecule has 0 aromatic rings. The van der Waals surface area contributed by atoms with Crippen LogP contribution in [-0.4, -0.2) is 13.1 Å². The summed E-state index contributed by atoms with van der Waals surface area (Å²) in [7, 11) is 1.63. The molecule has 2 heteroatoms. The second-order valence-electron chi connectivity index (χ2n) is 13.6. The van der Waals surface area contributed by atoms with E-state index in [9.17, 15) is 4.79 Å². The van der Waals surface area contributed by atoms with Gasteiger partial charge in [-0.25, -0.2) is 0 Å². The van der Waals surface area contributed by atoms with E-state index in [-0.39, 0.29) is 11.4 Å². The summed E-state index contributed by atoms with van der Waals surface area (Å²) in [6.45, 7) is 6.88. The Balaban J connectivity index is 4.54. The largest absolute Gasteiger partial charge is 0.469 e.